The van der Waals surface area contributed by atoms with E-state index in [9.17, 15) is 14.7 Å². The van der Waals surface area contributed by atoms with Crippen molar-refractivity contribution >= 4 is 11.9 Å². The Labute approximate surface area is 121 Å². The van der Waals surface area contributed by atoms with Crippen LogP contribution in [0.2, 0.25) is 0 Å². The van der Waals surface area contributed by atoms with E-state index in [1.165, 1.54) is 11.3 Å². The van der Waals surface area contributed by atoms with Crippen molar-refractivity contribution in [3.05, 3.63) is 53.2 Å². The maximum absolute atomic E-state index is 12.5. The second-order valence-corrected chi connectivity index (χ2v) is 5.03. The van der Waals surface area contributed by atoms with Gasteiger partial charge in [-0.1, -0.05) is 24.3 Å². The molecule has 1 atom stereocenters. The number of hydrogen-bond acceptors (Lipinski definition) is 4. The van der Waals surface area contributed by atoms with Crippen LogP contribution in [-0.4, -0.2) is 33.4 Å². The van der Waals surface area contributed by atoms with Crippen LogP contribution in [0.3, 0.4) is 0 Å². The minimum absolute atomic E-state index is 0.136. The zero-order chi connectivity index (χ0) is 15.0. The van der Waals surface area contributed by atoms with Gasteiger partial charge in [-0.15, -0.1) is 0 Å². The van der Waals surface area contributed by atoms with Gasteiger partial charge in [0.15, 0.2) is 12.1 Å². The van der Waals surface area contributed by atoms with Crippen molar-refractivity contribution in [3.63, 3.8) is 0 Å². The quantitative estimate of drug-likeness (QED) is 0.910. The van der Waals surface area contributed by atoms with E-state index in [0.29, 0.717) is 12.3 Å². The van der Waals surface area contributed by atoms with E-state index in [4.69, 9.17) is 4.42 Å². The number of fused-ring (bicyclic) bond motifs is 1. The van der Waals surface area contributed by atoms with Crippen molar-refractivity contribution in [1.29, 1.82) is 0 Å². The van der Waals surface area contributed by atoms with E-state index in [1.807, 2.05) is 18.2 Å². The van der Waals surface area contributed by atoms with Gasteiger partial charge in [-0.05, 0) is 18.1 Å². The van der Waals surface area contributed by atoms with E-state index in [-0.39, 0.29) is 18.1 Å². The Morgan fingerprint density at radius 1 is 1.38 bits per heavy atom. The highest BCUT2D eigenvalue weighted by Gasteiger charge is 2.33. The first-order valence-electron chi connectivity index (χ1n) is 6.58. The molecule has 2 aromatic rings. The largest absolute Gasteiger partial charge is 0.481 e. The summed E-state index contributed by atoms with van der Waals surface area (Å²) in [5.41, 5.74) is 1.86. The van der Waals surface area contributed by atoms with Crippen LogP contribution in [0.15, 0.2) is 35.1 Å². The predicted molar refractivity (Wildman–Crippen MR) is 72.8 cm³/mol. The molecule has 1 aromatic carbocycles. The van der Waals surface area contributed by atoms with Crippen molar-refractivity contribution in [2.75, 3.05) is 6.54 Å². The minimum atomic E-state index is -0.933. The van der Waals surface area contributed by atoms with Gasteiger partial charge in [0.25, 0.3) is 5.91 Å². The fourth-order valence-corrected chi connectivity index (χ4v) is 2.63. The highest BCUT2D eigenvalue weighted by Crippen LogP contribution is 2.29. The minimum Gasteiger partial charge on any atom is -0.481 e. The maximum Gasteiger partial charge on any atom is 0.312 e. The first-order valence-corrected chi connectivity index (χ1v) is 6.58. The summed E-state index contributed by atoms with van der Waals surface area (Å²) in [4.78, 5) is 29.4. The molecule has 3 rings (SSSR count). The van der Waals surface area contributed by atoms with Crippen molar-refractivity contribution in [3.8, 4) is 0 Å². The zero-order valence-electron chi connectivity index (χ0n) is 11.4. The molecular weight excluding hydrogens is 272 g/mol. The van der Waals surface area contributed by atoms with Gasteiger partial charge < -0.3 is 14.4 Å². The van der Waals surface area contributed by atoms with E-state index in [2.05, 4.69) is 4.98 Å². The monoisotopic (exact) mass is 286 g/mol. The van der Waals surface area contributed by atoms with E-state index < -0.39 is 11.9 Å². The summed E-state index contributed by atoms with van der Waals surface area (Å²) in [6, 6.07) is 7.30. The van der Waals surface area contributed by atoms with Crippen molar-refractivity contribution in [2.24, 2.45) is 0 Å². The summed E-state index contributed by atoms with van der Waals surface area (Å²) in [6.45, 7) is 2.18. The fraction of sp³-hybridized carbons (Fsp3) is 0.267. The number of oxazole rings is 1. The van der Waals surface area contributed by atoms with Gasteiger partial charge in [0.05, 0.1) is 5.92 Å². The second kappa shape index (κ2) is 5.05. The van der Waals surface area contributed by atoms with Gasteiger partial charge >= 0.3 is 5.97 Å². The Kier molecular flexibility index (Phi) is 3.21. The number of aryl methyl sites for hydroxylation is 1. The van der Waals surface area contributed by atoms with Crippen LogP contribution in [-0.2, 0) is 11.3 Å². The van der Waals surface area contributed by atoms with Gasteiger partial charge in [0.2, 0.25) is 0 Å². The summed E-state index contributed by atoms with van der Waals surface area (Å²) in [5, 5.41) is 9.40. The summed E-state index contributed by atoms with van der Waals surface area (Å²) >= 11 is 0. The molecule has 2 heterocycles. The maximum atomic E-state index is 12.5. The predicted octanol–water partition coefficient (Wildman–Crippen LogP) is 1.81. The van der Waals surface area contributed by atoms with Gasteiger partial charge in [0, 0.05) is 13.1 Å². The third-order valence-corrected chi connectivity index (χ3v) is 3.73. The molecule has 108 valence electrons. The second-order valence-electron chi connectivity index (χ2n) is 5.03. The lowest BCUT2D eigenvalue weighted by Crippen LogP contribution is -2.40. The molecule has 1 aliphatic rings. The Bertz CT molecular complexity index is 707. The summed E-state index contributed by atoms with van der Waals surface area (Å²) in [5.74, 6) is -1.52. The first kappa shape index (κ1) is 13.4. The highest BCUT2D eigenvalue weighted by atomic mass is 16.4. The summed E-state index contributed by atoms with van der Waals surface area (Å²) in [7, 11) is 0. The molecule has 1 unspecified atom stereocenters. The molecule has 1 aromatic heterocycles. The third-order valence-electron chi connectivity index (χ3n) is 3.73. The lowest BCUT2D eigenvalue weighted by Gasteiger charge is -2.32. The lowest BCUT2D eigenvalue weighted by molar-refractivity contribution is -0.139. The number of hydrogen-bond donors (Lipinski definition) is 1. The SMILES string of the molecule is Cc1ocnc1C(=O)N1Cc2ccccc2C(C(=O)O)C1. The van der Waals surface area contributed by atoms with E-state index in [1.54, 1.807) is 13.0 Å². The zero-order valence-corrected chi connectivity index (χ0v) is 11.4. The number of benzene rings is 1. The number of carbonyl (C=O) groups excluding carboxylic acids is 1. The van der Waals surface area contributed by atoms with Crippen LogP contribution in [0.4, 0.5) is 0 Å². The van der Waals surface area contributed by atoms with E-state index in [0.717, 1.165) is 11.1 Å². The number of aromatic nitrogens is 1. The molecule has 0 spiro atoms. The lowest BCUT2D eigenvalue weighted by atomic mass is 9.89. The fourth-order valence-electron chi connectivity index (χ4n) is 2.63. The molecule has 6 heteroatoms. The summed E-state index contributed by atoms with van der Waals surface area (Å²) in [6.07, 6.45) is 1.22. The number of carboxylic acid groups (broad SMARTS) is 1. The third kappa shape index (κ3) is 2.29. The Hall–Kier alpha value is -2.63. The van der Waals surface area contributed by atoms with Crippen molar-refractivity contribution < 1.29 is 19.1 Å². The van der Waals surface area contributed by atoms with Crippen LogP contribution in [0.25, 0.3) is 0 Å². The normalized spacial score (nSPS) is 17.4. The van der Waals surface area contributed by atoms with Gasteiger partial charge in [-0.3, -0.25) is 9.59 Å². The highest BCUT2D eigenvalue weighted by molar-refractivity contribution is 5.94. The van der Waals surface area contributed by atoms with Gasteiger partial charge in [-0.2, -0.15) is 0 Å². The number of nitrogens with zero attached hydrogens (tertiary/aromatic N) is 2. The summed E-state index contributed by atoms with van der Waals surface area (Å²) < 4.78 is 5.05. The van der Waals surface area contributed by atoms with Crippen LogP contribution in [0.1, 0.15) is 33.3 Å². The smallest absolute Gasteiger partial charge is 0.312 e. The van der Waals surface area contributed by atoms with E-state index >= 15 is 0 Å². The molecule has 0 aliphatic carbocycles. The van der Waals surface area contributed by atoms with Crippen molar-refractivity contribution in [1.82, 2.24) is 9.88 Å². The van der Waals surface area contributed by atoms with Crippen LogP contribution < -0.4 is 0 Å². The van der Waals surface area contributed by atoms with Crippen LogP contribution >= 0.6 is 0 Å². The Morgan fingerprint density at radius 2 is 2.14 bits per heavy atom. The number of aliphatic carboxylic acids is 1. The molecule has 0 saturated carbocycles. The molecule has 6 nitrogen and oxygen atoms in total. The number of carboxylic acids is 1. The topological polar surface area (TPSA) is 83.6 Å². The molecule has 0 saturated heterocycles. The molecular formula is C15H14N2O4. The average molecular weight is 286 g/mol. The molecule has 1 aliphatic heterocycles. The Balaban J connectivity index is 1.95. The number of rotatable bonds is 2. The molecule has 21 heavy (non-hydrogen) atoms. The molecule has 1 N–H and O–H groups in total. The number of carbonyl (C=O) groups is 2. The standard InChI is InChI=1S/C15H14N2O4/c1-9-13(16-8-21-9)14(18)17-6-10-4-2-3-5-11(10)12(7-17)15(19)20/h2-5,8,12H,6-7H2,1H3,(H,19,20). The first-order chi connectivity index (χ1) is 10.1. The van der Waals surface area contributed by atoms with Crippen molar-refractivity contribution in [2.45, 2.75) is 19.4 Å². The molecule has 0 radical (unpaired) electrons. The average Bonchev–Trinajstić information content (AvgIpc) is 2.91. The molecule has 0 bridgehead atoms. The van der Waals surface area contributed by atoms with Gasteiger partial charge in [0.1, 0.15) is 5.76 Å². The van der Waals surface area contributed by atoms with Crippen LogP contribution in [0.5, 0.6) is 0 Å². The van der Waals surface area contributed by atoms with Gasteiger partial charge in [-0.25, -0.2) is 4.98 Å². The molecule has 1 amide bonds. The van der Waals surface area contributed by atoms with Crippen LogP contribution in [0, 0.1) is 6.92 Å². The number of amides is 1. The Morgan fingerprint density at radius 3 is 2.81 bits per heavy atom. The molecule has 0 fully saturated rings.